The van der Waals surface area contributed by atoms with E-state index in [-0.39, 0.29) is 0 Å². The minimum absolute atomic E-state index is 0.444. The molecule has 0 aliphatic heterocycles. The Hall–Kier alpha value is 0.290. The maximum atomic E-state index is 5.82. The molecule has 0 amide bonds. The third kappa shape index (κ3) is 2.17. The van der Waals surface area contributed by atoms with Crippen LogP contribution in [0.15, 0.2) is 0 Å². The molecular weight excluding hydrogens is 132 g/mol. The van der Waals surface area contributed by atoms with Crippen molar-refractivity contribution in [3.8, 4) is 0 Å². The van der Waals surface area contributed by atoms with Crippen molar-refractivity contribution in [1.29, 1.82) is 0 Å². The Balaban J connectivity index is 2.05. The first-order valence-electron chi connectivity index (χ1n) is 3.72. The molecule has 0 N–H and O–H groups in total. The van der Waals surface area contributed by atoms with Crippen LogP contribution in [-0.4, -0.2) is 5.38 Å². The molecule has 1 fully saturated rings. The van der Waals surface area contributed by atoms with Gasteiger partial charge in [-0.2, -0.15) is 0 Å². The Labute approximate surface area is 62.6 Å². The number of halogens is 1. The summed E-state index contributed by atoms with van der Waals surface area (Å²) in [6.45, 7) is 4.52. The fourth-order valence-corrected chi connectivity index (χ4v) is 1.26. The quantitative estimate of drug-likeness (QED) is 0.536. The standard InChI is InChI=1S/C8H14Cl/c1-3-6(2)4-7-5-8(7)9/h6,8H,3-5H2,1-2H3. The molecule has 0 heterocycles. The van der Waals surface area contributed by atoms with Crippen LogP contribution in [-0.2, 0) is 0 Å². The average Bonchev–Trinajstić information content (AvgIpc) is 2.47. The van der Waals surface area contributed by atoms with Crippen LogP contribution in [0.2, 0.25) is 0 Å². The number of hydrogen-bond acceptors (Lipinski definition) is 0. The molecule has 0 spiro atoms. The van der Waals surface area contributed by atoms with Crippen LogP contribution in [0.1, 0.15) is 33.1 Å². The highest BCUT2D eigenvalue weighted by molar-refractivity contribution is 6.24. The summed E-state index contributed by atoms with van der Waals surface area (Å²) < 4.78 is 0. The molecule has 2 unspecified atom stereocenters. The van der Waals surface area contributed by atoms with E-state index >= 15 is 0 Å². The summed E-state index contributed by atoms with van der Waals surface area (Å²) in [6.07, 6.45) is 3.74. The van der Waals surface area contributed by atoms with Crippen LogP contribution < -0.4 is 0 Å². The van der Waals surface area contributed by atoms with E-state index in [1.165, 1.54) is 19.3 Å². The lowest BCUT2D eigenvalue weighted by atomic mass is 10.0. The van der Waals surface area contributed by atoms with E-state index < -0.39 is 0 Å². The van der Waals surface area contributed by atoms with Crippen molar-refractivity contribution >= 4 is 11.6 Å². The first-order chi connectivity index (χ1) is 4.24. The topological polar surface area (TPSA) is 0 Å². The lowest BCUT2D eigenvalue weighted by molar-refractivity contribution is 0.547. The fourth-order valence-electron chi connectivity index (χ4n) is 0.974. The van der Waals surface area contributed by atoms with Gasteiger partial charge in [-0.25, -0.2) is 0 Å². The predicted octanol–water partition coefficient (Wildman–Crippen LogP) is 3.01. The molecule has 9 heavy (non-hydrogen) atoms. The molecule has 1 saturated carbocycles. The molecule has 0 aromatic rings. The van der Waals surface area contributed by atoms with Gasteiger partial charge in [-0.3, -0.25) is 0 Å². The van der Waals surface area contributed by atoms with Gasteiger partial charge in [0, 0.05) is 5.38 Å². The summed E-state index contributed by atoms with van der Waals surface area (Å²) >= 11 is 5.82. The first kappa shape index (κ1) is 7.40. The summed E-state index contributed by atoms with van der Waals surface area (Å²) in [4.78, 5) is 0. The largest absolute Gasteiger partial charge is 0.122 e. The lowest BCUT2D eigenvalue weighted by Gasteiger charge is -2.04. The molecule has 0 bridgehead atoms. The molecule has 0 aromatic heterocycles. The van der Waals surface area contributed by atoms with E-state index in [4.69, 9.17) is 11.6 Å². The van der Waals surface area contributed by atoms with Crippen LogP contribution in [0.25, 0.3) is 0 Å². The molecule has 0 aromatic carbocycles. The number of alkyl halides is 1. The smallest absolute Gasteiger partial charge is 0.0404 e. The van der Waals surface area contributed by atoms with Crippen molar-refractivity contribution in [3.63, 3.8) is 0 Å². The normalized spacial score (nSPS) is 30.3. The molecule has 1 radical (unpaired) electrons. The van der Waals surface area contributed by atoms with Crippen LogP contribution in [0.3, 0.4) is 0 Å². The van der Waals surface area contributed by atoms with E-state index in [2.05, 4.69) is 13.8 Å². The Morgan fingerprint density at radius 1 is 1.78 bits per heavy atom. The van der Waals surface area contributed by atoms with Crippen molar-refractivity contribution in [2.45, 2.75) is 38.5 Å². The van der Waals surface area contributed by atoms with E-state index in [0.29, 0.717) is 5.38 Å². The van der Waals surface area contributed by atoms with Gasteiger partial charge in [0.1, 0.15) is 0 Å². The molecule has 0 saturated heterocycles. The van der Waals surface area contributed by atoms with E-state index in [9.17, 15) is 0 Å². The number of rotatable bonds is 3. The van der Waals surface area contributed by atoms with Crippen molar-refractivity contribution in [3.05, 3.63) is 5.92 Å². The Bertz CT molecular complexity index is 88.6. The molecular formula is C8H14Cl. The van der Waals surface area contributed by atoms with Gasteiger partial charge in [0.25, 0.3) is 0 Å². The minimum Gasteiger partial charge on any atom is -0.122 e. The lowest BCUT2D eigenvalue weighted by Crippen LogP contribution is -1.92. The van der Waals surface area contributed by atoms with Gasteiger partial charge in [0.2, 0.25) is 0 Å². The second kappa shape index (κ2) is 2.92. The van der Waals surface area contributed by atoms with E-state index in [1.807, 2.05) is 0 Å². The molecule has 53 valence electrons. The molecule has 1 rings (SSSR count). The zero-order valence-corrected chi connectivity index (χ0v) is 6.91. The Morgan fingerprint density at radius 3 is 2.67 bits per heavy atom. The van der Waals surface area contributed by atoms with Crippen LogP contribution in [0, 0.1) is 11.8 Å². The Kier molecular flexibility index (Phi) is 2.40. The van der Waals surface area contributed by atoms with Crippen LogP contribution in [0.5, 0.6) is 0 Å². The summed E-state index contributed by atoms with van der Waals surface area (Å²) in [6, 6.07) is 0. The molecule has 0 nitrogen and oxygen atoms in total. The van der Waals surface area contributed by atoms with Gasteiger partial charge in [-0.1, -0.05) is 20.3 Å². The van der Waals surface area contributed by atoms with E-state index in [0.717, 1.165) is 5.92 Å². The third-order valence-corrected chi connectivity index (χ3v) is 2.49. The highest BCUT2D eigenvalue weighted by Gasteiger charge is 2.36. The molecule has 2 atom stereocenters. The summed E-state index contributed by atoms with van der Waals surface area (Å²) in [5.41, 5.74) is 0. The molecule has 1 heteroatoms. The first-order valence-corrected chi connectivity index (χ1v) is 4.16. The zero-order valence-electron chi connectivity index (χ0n) is 6.15. The second-order valence-electron chi connectivity index (χ2n) is 3.05. The van der Waals surface area contributed by atoms with E-state index in [1.54, 1.807) is 5.92 Å². The molecule has 1 aliphatic carbocycles. The molecule has 1 aliphatic rings. The van der Waals surface area contributed by atoms with Crippen molar-refractivity contribution in [1.82, 2.24) is 0 Å². The van der Waals surface area contributed by atoms with Crippen molar-refractivity contribution < 1.29 is 0 Å². The van der Waals surface area contributed by atoms with Crippen LogP contribution in [0.4, 0.5) is 0 Å². The monoisotopic (exact) mass is 145 g/mol. The number of hydrogen-bond donors (Lipinski definition) is 0. The maximum Gasteiger partial charge on any atom is 0.0404 e. The van der Waals surface area contributed by atoms with Crippen molar-refractivity contribution in [2.24, 2.45) is 5.92 Å². The third-order valence-electron chi connectivity index (χ3n) is 2.03. The van der Waals surface area contributed by atoms with Crippen LogP contribution >= 0.6 is 11.6 Å². The van der Waals surface area contributed by atoms with Gasteiger partial charge in [-0.15, -0.1) is 11.6 Å². The summed E-state index contributed by atoms with van der Waals surface area (Å²) in [5.74, 6) is 2.43. The second-order valence-corrected chi connectivity index (χ2v) is 3.57. The Morgan fingerprint density at radius 2 is 2.33 bits per heavy atom. The highest BCUT2D eigenvalue weighted by atomic mass is 35.5. The SMILES string of the molecule is CCC(C)C[C]1CC1Cl. The summed E-state index contributed by atoms with van der Waals surface area (Å²) in [5, 5.41) is 0.444. The average molecular weight is 146 g/mol. The zero-order chi connectivity index (χ0) is 6.85. The maximum absolute atomic E-state index is 5.82. The minimum atomic E-state index is 0.444. The summed E-state index contributed by atoms with van der Waals surface area (Å²) in [7, 11) is 0. The highest BCUT2D eigenvalue weighted by Crippen LogP contribution is 2.43. The van der Waals surface area contributed by atoms with Gasteiger partial charge in [0.05, 0.1) is 0 Å². The fraction of sp³-hybridized carbons (Fsp3) is 0.875. The predicted molar refractivity (Wildman–Crippen MR) is 41.6 cm³/mol. The van der Waals surface area contributed by atoms with Gasteiger partial charge >= 0.3 is 0 Å². The van der Waals surface area contributed by atoms with Gasteiger partial charge < -0.3 is 0 Å². The van der Waals surface area contributed by atoms with Crippen molar-refractivity contribution in [2.75, 3.05) is 0 Å². The van der Waals surface area contributed by atoms with Gasteiger partial charge in [0.15, 0.2) is 0 Å². The van der Waals surface area contributed by atoms with Gasteiger partial charge in [-0.05, 0) is 24.7 Å².